The second kappa shape index (κ2) is 9.13. The van der Waals surface area contributed by atoms with Gasteiger partial charge in [-0.3, -0.25) is 4.79 Å². The van der Waals surface area contributed by atoms with Crippen molar-refractivity contribution in [3.8, 4) is 0 Å². The Labute approximate surface area is 171 Å². The second-order valence-corrected chi connectivity index (χ2v) is 9.00. The molecule has 0 saturated heterocycles. The SMILES string of the molecule is CC(=O)Cc1nccc(S(=O)(=O)NC(=O)Nc2c(C(C)C)cccc2C(C)C)n1. The zero-order chi connectivity index (χ0) is 21.8. The average Bonchev–Trinajstić information content (AvgIpc) is 2.60. The first-order chi connectivity index (χ1) is 13.5. The van der Waals surface area contributed by atoms with Crippen LogP contribution in [-0.4, -0.2) is 30.2 Å². The van der Waals surface area contributed by atoms with E-state index in [4.69, 9.17) is 0 Å². The number of hydrogen-bond acceptors (Lipinski definition) is 6. The molecule has 0 bridgehead atoms. The van der Waals surface area contributed by atoms with Crippen LogP contribution in [0, 0.1) is 0 Å². The van der Waals surface area contributed by atoms with E-state index in [2.05, 4.69) is 15.3 Å². The van der Waals surface area contributed by atoms with Crippen molar-refractivity contribution in [1.82, 2.24) is 14.7 Å². The Balaban J connectivity index is 2.28. The van der Waals surface area contributed by atoms with Crippen LogP contribution in [0.3, 0.4) is 0 Å². The number of hydrogen-bond donors (Lipinski definition) is 2. The number of carbonyl (C=O) groups is 2. The number of carbonyl (C=O) groups excluding carboxylic acids is 2. The Morgan fingerprint density at radius 3 is 2.14 bits per heavy atom. The number of amides is 2. The smallest absolute Gasteiger partial charge is 0.307 e. The van der Waals surface area contributed by atoms with E-state index in [1.807, 2.05) is 50.6 Å². The quantitative estimate of drug-likeness (QED) is 0.666. The minimum Gasteiger partial charge on any atom is -0.307 e. The Morgan fingerprint density at radius 1 is 1.03 bits per heavy atom. The second-order valence-electron chi connectivity index (χ2n) is 7.37. The summed E-state index contributed by atoms with van der Waals surface area (Å²) in [6.45, 7) is 9.34. The Bertz CT molecular complexity index is 991. The van der Waals surface area contributed by atoms with Crippen LogP contribution in [0.5, 0.6) is 0 Å². The third-order valence-corrected chi connectivity index (χ3v) is 5.43. The number of urea groups is 1. The van der Waals surface area contributed by atoms with Gasteiger partial charge in [0.1, 0.15) is 11.6 Å². The van der Waals surface area contributed by atoms with Crippen LogP contribution in [0.15, 0.2) is 35.5 Å². The lowest BCUT2D eigenvalue weighted by molar-refractivity contribution is -0.116. The van der Waals surface area contributed by atoms with E-state index in [9.17, 15) is 18.0 Å². The molecule has 2 aromatic rings. The molecule has 2 rings (SSSR count). The van der Waals surface area contributed by atoms with E-state index in [0.717, 1.165) is 11.1 Å². The number of benzene rings is 1. The number of Topliss-reactive ketones (excluding diaryl/α,β-unsaturated/α-hetero) is 1. The number of anilines is 1. The highest BCUT2D eigenvalue weighted by Crippen LogP contribution is 2.32. The fraction of sp³-hybridized carbons (Fsp3) is 0.400. The third kappa shape index (κ3) is 5.83. The van der Waals surface area contributed by atoms with Gasteiger partial charge in [0.25, 0.3) is 10.0 Å². The van der Waals surface area contributed by atoms with Crippen molar-refractivity contribution in [2.24, 2.45) is 0 Å². The molecule has 8 nitrogen and oxygen atoms in total. The van der Waals surface area contributed by atoms with Crippen LogP contribution in [0.4, 0.5) is 10.5 Å². The largest absolute Gasteiger partial charge is 0.333 e. The van der Waals surface area contributed by atoms with Gasteiger partial charge in [0.05, 0.1) is 6.42 Å². The molecular formula is C20H26N4O4S. The number of nitrogens with one attached hydrogen (secondary N) is 2. The molecule has 0 saturated carbocycles. The van der Waals surface area contributed by atoms with Crippen LogP contribution in [0.2, 0.25) is 0 Å². The van der Waals surface area contributed by atoms with Crippen LogP contribution in [0.25, 0.3) is 0 Å². The summed E-state index contributed by atoms with van der Waals surface area (Å²) >= 11 is 0. The lowest BCUT2D eigenvalue weighted by Gasteiger charge is -2.20. The number of sulfonamides is 1. The summed E-state index contributed by atoms with van der Waals surface area (Å²) in [6, 6.07) is 6.01. The van der Waals surface area contributed by atoms with Gasteiger partial charge in [-0.05, 0) is 36.0 Å². The van der Waals surface area contributed by atoms with Crippen molar-refractivity contribution in [3.63, 3.8) is 0 Å². The van der Waals surface area contributed by atoms with Crippen molar-refractivity contribution < 1.29 is 18.0 Å². The molecule has 0 atom stereocenters. The normalized spacial score (nSPS) is 11.6. The molecule has 9 heteroatoms. The standard InChI is InChI=1S/C20H26N4O4S/c1-12(2)15-7-6-8-16(13(3)4)19(15)23-20(26)24-29(27,28)18-9-10-21-17(22-18)11-14(5)25/h6-10,12-13H,11H2,1-5H3,(H2,23,24,26). The average molecular weight is 419 g/mol. The number of nitrogens with zero attached hydrogens (tertiary/aromatic N) is 2. The number of aromatic nitrogens is 2. The molecule has 1 aromatic carbocycles. The maximum atomic E-state index is 12.6. The number of rotatable bonds is 7. The topological polar surface area (TPSA) is 118 Å². The van der Waals surface area contributed by atoms with Gasteiger partial charge in [-0.15, -0.1) is 0 Å². The number of ketones is 1. The Kier molecular flexibility index (Phi) is 7.07. The van der Waals surface area contributed by atoms with Crippen LogP contribution in [-0.2, 0) is 21.2 Å². The summed E-state index contributed by atoms with van der Waals surface area (Å²) in [5.41, 5.74) is 2.43. The van der Waals surface area contributed by atoms with Crippen LogP contribution < -0.4 is 10.0 Å². The predicted molar refractivity (Wildman–Crippen MR) is 110 cm³/mol. The van der Waals surface area contributed by atoms with Crippen molar-refractivity contribution in [3.05, 3.63) is 47.4 Å². The van der Waals surface area contributed by atoms with Crippen molar-refractivity contribution in [2.75, 3.05) is 5.32 Å². The first-order valence-corrected chi connectivity index (χ1v) is 10.8. The Morgan fingerprint density at radius 2 is 1.62 bits per heavy atom. The summed E-state index contributed by atoms with van der Waals surface area (Å²) in [7, 11) is -4.23. The van der Waals surface area contributed by atoms with E-state index in [1.165, 1.54) is 19.2 Å². The van der Waals surface area contributed by atoms with Crippen LogP contribution in [0.1, 0.15) is 63.4 Å². The lowest BCUT2D eigenvalue weighted by Crippen LogP contribution is -2.35. The molecule has 0 unspecified atom stereocenters. The summed E-state index contributed by atoms with van der Waals surface area (Å²) < 4.78 is 27.1. The van der Waals surface area contributed by atoms with Crippen molar-refractivity contribution in [1.29, 1.82) is 0 Å². The van der Waals surface area contributed by atoms with E-state index in [-0.39, 0.29) is 34.9 Å². The van der Waals surface area contributed by atoms with Gasteiger partial charge >= 0.3 is 6.03 Å². The van der Waals surface area contributed by atoms with Gasteiger partial charge in [-0.25, -0.2) is 19.5 Å². The minimum atomic E-state index is -4.23. The molecule has 2 amide bonds. The van der Waals surface area contributed by atoms with Crippen molar-refractivity contribution >= 4 is 27.5 Å². The fourth-order valence-corrected chi connectivity index (χ4v) is 3.71. The van der Waals surface area contributed by atoms with Gasteiger partial charge in [0.15, 0.2) is 5.03 Å². The van der Waals surface area contributed by atoms with Crippen molar-refractivity contribution in [2.45, 2.75) is 57.9 Å². The highest BCUT2D eigenvalue weighted by Gasteiger charge is 2.22. The molecular weight excluding hydrogens is 392 g/mol. The molecule has 156 valence electrons. The number of para-hydroxylation sites is 1. The van der Waals surface area contributed by atoms with Gasteiger partial charge in [0.2, 0.25) is 0 Å². The molecule has 0 aliphatic carbocycles. The zero-order valence-electron chi connectivity index (χ0n) is 17.2. The van der Waals surface area contributed by atoms with Gasteiger partial charge in [0, 0.05) is 11.9 Å². The highest BCUT2D eigenvalue weighted by molar-refractivity contribution is 7.90. The molecule has 0 aliphatic rings. The van der Waals surface area contributed by atoms with E-state index < -0.39 is 16.1 Å². The summed E-state index contributed by atoms with van der Waals surface area (Å²) in [5, 5.41) is 2.31. The molecule has 2 N–H and O–H groups in total. The molecule has 1 aromatic heterocycles. The predicted octanol–water partition coefficient (Wildman–Crippen LogP) is 3.37. The summed E-state index contributed by atoms with van der Waals surface area (Å²) in [5.74, 6) is 0.151. The van der Waals surface area contributed by atoms with Gasteiger partial charge in [-0.1, -0.05) is 45.9 Å². The lowest BCUT2D eigenvalue weighted by atomic mass is 9.93. The fourth-order valence-electron chi connectivity index (χ4n) is 2.85. The Hall–Kier alpha value is -2.81. The summed E-state index contributed by atoms with van der Waals surface area (Å²) in [6.07, 6.45) is 1.15. The zero-order valence-corrected chi connectivity index (χ0v) is 18.0. The van der Waals surface area contributed by atoms with E-state index in [1.54, 1.807) is 0 Å². The first kappa shape index (κ1) is 22.5. The maximum Gasteiger partial charge on any atom is 0.333 e. The summed E-state index contributed by atoms with van der Waals surface area (Å²) in [4.78, 5) is 31.5. The third-order valence-electron chi connectivity index (χ3n) is 4.20. The van der Waals surface area contributed by atoms with Gasteiger partial charge < -0.3 is 5.32 Å². The highest BCUT2D eigenvalue weighted by atomic mass is 32.2. The molecule has 1 heterocycles. The minimum absolute atomic E-state index is 0.0769. The molecule has 0 spiro atoms. The molecule has 0 fully saturated rings. The molecule has 0 aliphatic heterocycles. The maximum absolute atomic E-state index is 12.6. The van der Waals surface area contributed by atoms with Crippen LogP contribution >= 0.6 is 0 Å². The van der Waals surface area contributed by atoms with E-state index in [0.29, 0.717) is 5.69 Å². The molecule has 0 radical (unpaired) electrons. The van der Waals surface area contributed by atoms with E-state index >= 15 is 0 Å². The van der Waals surface area contributed by atoms with Gasteiger partial charge in [-0.2, -0.15) is 8.42 Å². The first-order valence-electron chi connectivity index (χ1n) is 9.29. The monoisotopic (exact) mass is 418 g/mol. The molecule has 29 heavy (non-hydrogen) atoms.